The van der Waals surface area contributed by atoms with Crippen molar-refractivity contribution in [1.82, 2.24) is 15.3 Å². The molecule has 1 saturated heterocycles. The molecular weight excluding hydrogens is 476 g/mol. The van der Waals surface area contributed by atoms with Crippen LogP contribution in [0, 0.1) is 0 Å². The number of anilines is 1. The van der Waals surface area contributed by atoms with E-state index in [1.807, 2.05) is 0 Å². The Morgan fingerprint density at radius 3 is 2.93 bits per heavy atom. The second kappa shape index (κ2) is 8.86. The predicted molar refractivity (Wildman–Crippen MR) is 107 cm³/mol. The van der Waals surface area contributed by atoms with Crippen molar-refractivity contribution in [2.45, 2.75) is 33.2 Å². The summed E-state index contributed by atoms with van der Waals surface area (Å²) in [6.07, 6.45) is 3.22. The van der Waals surface area contributed by atoms with E-state index in [-0.39, 0.29) is 37.8 Å². The molecule has 12 heteroatoms. The maximum Gasteiger partial charge on any atom is 0.230 e. The third kappa shape index (κ3) is 5.19. The fourth-order valence-electron chi connectivity index (χ4n) is 2.41. The third-order valence-corrected chi connectivity index (χ3v) is 8.49. The van der Waals surface area contributed by atoms with E-state index in [1.165, 1.54) is 12.3 Å². The van der Waals surface area contributed by atoms with Crippen molar-refractivity contribution in [3.05, 3.63) is 22.1 Å². The summed E-state index contributed by atoms with van der Waals surface area (Å²) >= 11 is 5.41. The van der Waals surface area contributed by atoms with E-state index in [2.05, 4.69) is 31.2 Å². The number of nitrogens with two attached hydrogens (primary N) is 1. The summed E-state index contributed by atoms with van der Waals surface area (Å²) < 4.78 is 31.5. The molecule has 8 nitrogen and oxygen atoms in total. The van der Waals surface area contributed by atoms with Gasteiger partial charge in [0.15, 0.2) is 5.16 Å². The molecular formula is C15H17BrN4O4S3. The van der Waals surface area contributed by atoms with Gasteiger partial charge in [-0.25, -0.2) is 18.4 Å². The molecule has 3 rings (SSSR count). The molecule has 0 radical (unpaired) electrons. The van der Waals surface area contributed by atoms with Gasteiger partial charge >= 0.3 is 0 Å². The van der Waals surface area contributed by atoms with Gasteiger partial charge in [-0.2, -0.15) is 0 Å². The first-order valence-corrected chi connectivity index (χ1v) is 12.1. The number of nitrogen functional groups attached to an aromatic ring is 1. The molecule has 0 aromatic carbocycles. The Morgan fingerprint density at radius 1 is 1.48 bits per heavy atom. The Hall–Kier alpha value is -1.21. The monoisotopic (exact) mass is 492 g/mol. The van der Waals surface area contributed by atoms with Gasteiger partial charge in [0.05, 0.1) is 21.8 Å². The lowest BCUT2D eigenvalue weighted by Gasteiger charge is -2.10. The van der Waals surface area contributed by atoms with Gasteiger partial charge in [0.2, 0.25) is 15.7 Å². The number of nitrogens with zero attached hydrogens (tertiary/aromatic N) is 2. The van der Waals surface area contributed by atoms with Crippen LogP contribution in [0.4, 0.5) is 5.82 Å². The summed E-state index contributed by atoms with van der Waals surface area (Å²) in [5.74, 6) is -0.203. The van der Waals surface area contributed by atoms with Crippen LogP contribution in [0.2, 0.25) is 0 Å². The molecule has 0 aliphatic carbocycles. The topological polar surface area (TPSA) is 124 Å². The molecule has 146 valence electrons. The van der Waals surface area contributed by atoms with Crippen molar-refractivity contribution in [1.29, 1.82) is 0 Å². The number of hydrogen-bond acceptors (Lipinski definition) is 9. The first-order chi connectivity index (χ1) is 12.9. The fraction of sp³-hybridized carbons (Fsp3) is 0.400. The number of carbonyl (C=O) groups is 1. The van der Waals surface area contributed by atoms with E-state index in [0.29, 0.717) is 10.3 Å². The predicted octanol–water partition coefficient (Wildman–Crippen LogP) is 2.10. The summed E-state index contributed by atoms with van der Waals surface area (Å²) in [5.41, 5.74) is 5.83. The van der Waals surface area contributed by atoms with E-state index in [1.54, 1.807) is 6.07 Å². The summed E-state index contributed by atoms with van der Waals surface area (Å²) in [6.45, 7) is 1.22. The third-order valence-electron chi connectivity index (χ3n) is 3.75. The molecule has 2 aromatic rings. The van der Waals surface area contributed by atoms with Gasteiger partial charge in [-0.1, -0.05) is 11.8 Å². The van der Waals surface area contributed by atoms with Gasteiger partial charge in [-0.05, 0) is 40.9 Å². The van der Waals surface area contributed by atoms with Crippen molar-refractivity contribution in [2.75, 3.05) is 24.6 Å². The minimum Gasteiger partial charge on any atom is -0.382 e. The number of thiophene rings is 1. The van der Waals surface area contributed by atoms with E-state index in [9.17, 15) is 13.2 Å². The number of aromatic nitrogens is 2. The Morgan fingerprint density at radius 2 is 2.30 bits per heavy atom. The molecule has 1 amide bonds. The number of halogens is 1. The number of rotatable bonds is 7. The number of thioether (sulfide) groups is 1. The normalized spacial score (nSPS) is 17.1. The molecule has 1 fully saturated rings. The molecule has 27 heavy (non-hydrogen) atoms. The van der Waals surface area contributed by atoms with Crippen LogP contribution in [0.25, 0.3) is 0 Å². The molecule has 1 aliphatic heterocycles. The quantitative estimate of drug-likeness (QED) is 0.444. The first-order valence-electron chi connectivity index (χ1n) is 8.00. The molecule has 2 aromatic heterocycles. The van der Waals surface area contributed by atoms with Crippen LogP contribution in [0.1, 0.15) is 12.8 Å². The number of nitrogens with one attached hydrogen (secondary N) is 1. The zero-order valence-electron chi connectivity index (χ0n) is 14.1. The molecule has 0 saturated carbocycles. The van der Waals surface area contributed by atoms with Gasteiger partial charge in [0.1, 0.15) is 14.9 Å². The van der Waals surface area contributed by atoms with Crippen LogP contribution in [0.3, 0.4) is 0 Å². The highest BCUT2D eigenvalue weighted by Gasteiger charge is 2.24. The number of ether oxygens (including phenoxy) is 1. The van der Waals surface area contributed by atoms with E-state index >= 15 is 0 Å². The summed E-state index contributed by atoms with van der Waals surface area (Å²) in [4.78, 5) is 19.8. The highest BCUT2D eigenvalue weighted by molar-refractivity contribution is 9.11. The van der Waals surface area contributed by atoms with Crippen LogP contribution < -0.4 is 11.1 Å². The van der Waals surface area contributed by atoms with Crippen LogP contribution in [0.15, 0.2) is 36.4 Å². The largest absolute Gasteiger partial charge is 0.382 e. The smallest absolute Gasteiger partial charge is 0.230 e. The van der Waals surface area contributed by atoms with Crippen LogP contribution in [-0.4, -0.2) is 49.3 Å². The van der Waals surface area contributed by atoms with Gasteiger partial charge in [-0.15, -0.1) is 11.3 Å². The fourth-order valence-corrected chi connectivity index (χ4v) is 6.46. The van der Waals surface area contributed by atoms with Crippen molar-refractivity contribution in [3.63, 3.8) is 0 Å². The van der Waals surface area contributed by atoms with E-state index < -0.39 is 9.84 Å². The molecule has 0 spiro atoms. The lowest BCUT2D eigenvalue weighted by atomic mass is 10.2. The van der Waals surface area contributed by atoms with Crippen molar-refractivity contribution in [3.8, 4) is 0 Å². The second-order valence-corrected chi connectivity index (χ2v) is 11.2. The average molecular weight is 493 g/mol. The van der Waals surface area contributed by atoms with Gasteiger partial charge in [0.25, 0.3) is 0 Å². The first kappa shape index (κ1) is 20.5. The Balaban J connectivity index is 1.60. The zero-order valence-corrected chi connectivity index (χ0v) is 18.1. The van der Waals surface area contributed by atoms with Crippen LogP contribution >= 0.6 is 39.0 Å². The van der Waals surface area contributed by atoms with Crippen molar-refractivity contribution >= 4 is 60.6 Å². The lowest BCUT2D eigenvalue weighted by Crippen LogP contribution is -2.32. The minimum atomic E-state index is -3.78. The Bertz CT molecular complexity index is 929. The summed E-state index contributed by atoms with van der Waals surface area (Å²) in [6, 6.07) is 3.14. The molecule has 0 unspecified atom stereocenters. The van der Waals surface area contributed by atoms with E-state index in [0.717, 1.165) is 42.5 Å². The van der Waals surface area contributed by atoms with Crippen LogP contribution in [-0.2, 0) is 19.4 Å². The maximum atomic E-state index is 12.6. The van der Waals surface area contributed by atoms with Crippen molar-refractivity contribution < 1.29 is 17.9 Å². The Labute approximate surface area is 173 Å². The number of amides is 1. The molecule has 3 heterocycles. The highest BCUT2D eigenvalue weighted by atomic mass is 79.9. The van der Waals surface area contributed by atoms with Crippen LogP contribution in [0.5, 0.6) is 0 Å². The minimum absolute atomic E-state index is 0.0765. The molecule has 0 bridgehead atoms. The maximum absolute atomic E-state index is 12.6. The Kier molecular flexibility index (Phi) is 6.74. The zero-order chi connectivity index (χ0) is 19.4. The SMILES string of the molecule is Nc1nc(SCC(=O)NC[C@H]2CCCO2)ncc1S(=O)(=O)c1ccc(Br)s1. The van der Waals surface area contributed by atoms with E-state index in [4.69, 9.17) is 10.5 Å². The van der Waals surface area contributed by atoms with Gasteiger partial charge in [-0.3, -0.25) is 4.79 Å². The number of carbonyl (C=O) groups excluding carboxylic acids is 1. The standard InChI is InChI=1S/C15H17BrN4O4S3/c16-11-3-4-13(26-11)27(22,23)10-7-19-15(20-14(10)17)25-8-12(21)18-6-9-2-1-5-24-9/h3-4,7,9H,1-2,5-6,8H2,(H,18,21)(H2,17,19,20)/t9-/m1/s1. The molecule has 1 atom stereocenters. The number of hydrogen-bond donors (Lipinski definition) is 2. The molecule has 1 aliphatic rings. The number of sulfone groups is 1. The second-order valence-electron chi connectivity index (χ2n) is 5.69. The average Bonchev–Trinajstić information content (AvgIpc) is 3.29. The summed E-state index contributed by atoms with van der Waals surface area (Å²) in [7, 11) is -3.78. The summed E-state index contributed by atoms with van der Waals surface area (Å²) in [5, 5.41) is 3.04. The van der Waals surface area contributed by atoms with Crippen molar-refractivity contribution in [2.24, 2.45) is 0 Å². The highest BCUT2D eigenvalue weighted by Crippen LogP contribution is 2.32. The van der Waals surface area contributed by atoms with Gasteiger partial charge < -0.3 is 15.8 Å². The van der Waals surface area contributed by atoms with Gasteiger partial charge in [0, 0.05) is 13.2 Å². The molecule has 3 N–H and O–H groups in total. The lowest BCUT2D eigenvalue weighted by molar-refractivity contribution is -0.119.